The number of hydrogen-bond acceptors (Lipinski definition) is 4. The Hall–Kier alpha value is -2.27. The maximum Gasteiger partial charge on any atom is 0.286 e. The third-order valence-electron chi connectivity index (χ3n) is 3.06. The van der Waals surface area contributed by atoms with Gasteiger partial charge in [0.15, 0.2) is 5.76 Å². The lowest BCUT2D eigenvalue weighted by molar-refractivity contribution is 0.0926. The molecule has 102 valence electrons. The van der Waals surface area contributed by atoms with Crippen LogP contribution in [-0.2, 0) is 6.42 Å². The minimum Gasteiger partial charge on any atom is -0.508 e. The number of carbonyl (C=O) groups is 1. The van der Waals surface area contributed by atoms with E-state index in [0.717, 1.165) is 22.1 Å². The van der Waals surface area contributed by atoms with Crippen molar-refractivity contribution < 1.29 is 14.3 Å². The van der Waals surface area contributed by atoms with E-state index in [1.165, 1.54) is 6.26 Å². The largest absolute Gasteiger partial charge is 0.508 e. The number of thiophene rings is 1. The van der Waals surface area contributed by atoms with Crippen LogP contribution in [0.5, 0.6) is 5.75 Å². The van der Waals surface area contributed by atoms with Gasteiger partial charge in [-0.05, 0) is 53.1 Å². The number of aromatic hydroxyl groups is 1. The first-order chi connectivity index (χ1) is 9.74. The topological polar surface area (TPSA) is 62.5 Å². The maximum atomic E-state index is 11.7. The Morgan fingerprint density at radius 3 is 3.05 bits per heavy atom. The van der Waals surface area contributed by atoms with E-state index < -0.39 is 0 Å². The Balaban J connectivity index is 1.65. The highest BCUT2D eigenvalue weighted by Gasteiger charge is 2.09. The first kappa shape index (κ1) is 12.7. The van der Waals surface area contributed by atoms with Gasteiger partial charge in [0.2, 0.25) is 0 Å². The zero-order valence-corrected chi connectivity index (χ0v) is 11.4. The molecule has 0 aliphatic heterocycles. The number of phenolic OH excluding ortho intramolecular Hbond substituents is 1. The highest BCUT2D eigenvalue weighted by molar-refractivity contribution is 7.17. The Labute approximate surface area is 119 Å². The Morgan fingerprint density at radius 1 is 1.35 bits per heavy atom. The van der Waals surface area contributed by atoms with E-state index in [1.54, 1.807) is 35.6 Å². The summed E-state index contributed by atoms with van der Waals surface area (Å²) in [5, 5.41) is 15.4. The van der Waals surface area contributed by atoms with Crippen LogP contribution in [-0.4, -0.2) is 17.6 Å². The van der Waals surface area contributed by atoms with Gasteiger partial charge in [0.25, 0.3) is 5.91 Å². The summed E-state index contributed by atoms with van der Waals surface area (Å²) in [6.45, 7) is 0.529. The minimum absolute atomic E-state index is 0.211. The molecule has 0 aliphatic rings. The fraction of sp³-hybridized carbons (Fsp3) is 0.133. The molecule has 0 atom stereocenters. The second kappa shape index (κ2) is 5.38. The molecule has 1 amide bonds. The van der Waals surface area contributed by atoms with Crippen LogP contribution < -0.4 is 5.32 Å². The van der Waals surface area contributed by atoms with Gasteiger partial charge >= 0.3 is 0 Å². The van der Waals surface area contributed by atoms with Gasteiger partial charge < -0.3 is 14.8 Å². The van der Waals surface area contributed by atoms with E-state index >= 15 is 0 Å². The molecule has 0 unspecified atom stereocenters. The molecule has 0 spiro atoms. The Kier molecular flexibility index (Phi) is 3.43. The van der Waals surface area contributed by atoms with Crippen LogP contribution in [0.25, 0.3) is 10.1 Å². The molecule has 0 saturated heterocycles. The summed E-state index contributed by atoms with van der Waals surface area (Å²) in [6, 6.07) is 8.66. The zero-order valence-electron chi connectivity index (χ0n) is 10.6. The van der Waals surface area contributed by atoms with Crippen molar-refractivity contribution in [3.63, 3.8) is 0 Å². The molecule has 1 aromatic carbocycles. The first-order valence-electron chi connectivity index (χ1n) is 6.25. The molecule has 4 nitrogen and oxygen atoms in total. The molecule has 0 bridgehead atoms. The molecule has 0 saturated carbocycles. The summed E-state index contributed by atoms with van der Waals surface area (Å²) in [7, 11) is 0. The van der Waals surface area contributed by atoms with Gasteiger partial charge in [-0.1, -0.05) is 0 Å². The van der Waals surface area contributed by atoms with Crippen molar-refractivity contribution in [2.24, 2.45) is 0 Å². The fourth-order valence-corrected chi connectivity index (χ4v) is 3.05. The number of fused-ring (bicyclic) bond motifs is 1. The van der Waals surface area contributed by atoms with Crippen LogP contribution in [0, 0.1) is 0 Å². The third kappa shape index (κ3) is 2.53. The number of furan rings is 1. The molecular weight excluding hydrogens is 274 g/mol. The van der Waals surface area contributed by atoms with Gasteiger partial charge in [0.05, 0.1) is 6.26 Å². The van der Waals surface area contributed by atoms with E-state index in [9.17, 15) is 9.90 Å². The fourth-order valence-electron chi connectivity index (χ4n) is 2.07. The summed E-state index contributed by atoms with van der Waals surface area (Å²) in [4.78, 5) is 11.7. The number of rotatable bonds is 4. The van der Waals surface area contributed by atoms with E-state index in [4.69, 9.17) is 4.42 Å². The average Bonchev–Trinajstić information content (AvgIpc) is 3.08. The van der Waals surface area contributed by atoms with Crippen molar-refractivity contribution in [2.75, 3.05) is 6.54 Å². The van der Waals surface area contributed by atoms with Crippen molar-refractivity contribution in [1.82, 2.24) is 5.32 Å². The maximum absolute atomic E-state index is 11.7. The summed E-state index contributed by atoms with van der Waals surface area (Å²) in [5.74, 6) is 0.368. The SMILES string of the molecule is O=C(NCCc1csc2ccc(O)cc12)c1ccco1. The van der Waals surface area contributed by atoms with Gasteiger partial charge in [0, 0.05) is 11.2 Å². The normalized spacial score (nSPS) is 10.8. The third-order valence-corrected chi connectivity index (χ3v) is 4.07. The Morgan fingerprint density at radius 2 is 2.25 bits per heavy atom. The van der Waals surface area contributed by atoms with Gasteiger partial charge in [-0.2, -0.15) is 0 Å². The average molecular weight is 287 g/mol. The zero-order chi connectivity index (χ0) is 13.9. The first-order valence-corrected chi connectivity index (χ1v) is 7.13. The monoisotopic (exact) mass is 287 g/mol. The lowest BCUT2D eigenvalue weighted by Crippen LogP contribution is -2.25. The van der Waals surface area contributed by atoms with Crippen molar-refractivity contribution >= 4 is 27.3 Å². The summed E-state index contributed by atoms with van der Waals surface area (Å²) in [5.41, 5.74) is 1.13. The van der Waals surface area contributed by atoms with Crippen LogP contribution in [0.1, 0.15) is 16.1 Å². The van der Waals surface area contributed by atoms with Gasteiger partial charge in [-0.25, -0.2) is 0 Å². The number of amides is 1. The summed E-state index contributed by atoms with van der Waals surface area (Å²) in [6.07, 6.45) is 2.19. The van der Waals surface area contributed by atoms with Gasteiger partial charge in [-0.15, -0.1) is 11.3 Å². The molecule has 0 radical (unpaired) electrons. The van der Waals surface area contributed by atoms with Crippen LogP contribution in [0.3, 0.4) is 0 Å². The van der Waals surface area contributed by atoms with Crippen molar-refractivity contribution in [1.29, 1.82) is 0 Å². The van der Waals surface area contributed by atoms with Crippen LogP contribution in [0.2, 0.25) is 0 Å². The predicted molar refractivity (Wildman–Crippen MR) is 78.2 cm³/mol. The van der Waals surface area contributed by atoms with Crippen LogP contribution in [0.15, 0.2) is 46.4 Å². The lowest BCUT2D eigenvalue weighted by Gasteiger charge is -2.03. The van der Waals surface area contributed by atoms with Crippen molar-refractivity contribution in [3.8, 4) is 5.75 Å². The number of nitrogens with one attached hydrogen (secondary N) is 1. The summed E-state index contributed by atoms with van der Waals surface area (Å²) < 4.78 is 6.16. The summed E-state index contributed by atoms with van der Waals surface area (Å²) >= 11 is 1.64. The van der Waals surface area contributed by atoms with E-state index in [1.807, 2.05) is 6.07 Å². The molecular formula is C15H13NO3S. The van der Waals surface area contributed by atoms with Crippen LogP contribution >= 0.6 is 11.3 Å². The molecule has 2 aromatic heterocycles. The standard InChI is InChI=1S/C15H13NO3S/c17-11-3-4-14-12(8-11)10(9-20-14)5-6-16-15(18)13-2-1-7-19-13/h1-4,7-9,17H,5-6H2,(H,16,18). The van der Waals surface area contributed by atoms with Crippen molar-refractivity contribution in [3.05, 3.63) is 53.3 Å². The molecule has 3 aromatic rings. The number of hydrogen-bond donors (Lipinski definition) is 2. The molecule has 3 rings (SSSR count). The minimum atomic E-state index is -0.211. The molecule has 0 aliphatic carbocycles. The second-order valence-corrected chi connectivity index (χ2v) is 5.34. The van der Waals surface area contributed by atoms with E-state index in [-0.39, 0.29) is 11.7 Å². The number of phenols is 1. The number of benzene rings is 1. The smallest absolute Gasteiger partial charge is 0.286 e. The van der Waals surface area contributed by atoms with E-state index in [2.05, 4.69) is 10.7 Å². The predicted octanol–water partition coefficient (Wildman–Crippen LogP) is 3.17. The van der Waals surface area contributed by atoms with Gasteiger partial charge in [0.1, 0.15) is 5.75 Å². The molecule has 0 fully saturated rings. The molecule has 20 heavy (non-hydrogen) atoms. The van der Waals surface area contributed by atoms with Gasteiger partial charge in [-0.3, -0.25) is 4.79 Å². The quantitative estimate of drug-likeness (QED) is 0.774. The molecule has 2 N–H and O–H groups in total. The highest BCUT2D eigenvalue weighted by Crippen LogP contribution is 2.29. The Bertz CT molecular complexity index is 731. The molecule has 5 heteroatoms. The van der Waals surface area contributed by atoms with E-state index in [0.29, 0.717) is 12.3 Å². The number of carbonyl (C=O) groups excluding carboxylic acids is 1. The molecule has 2 heterocycles. The lowest BCUT2D eigenvalue weighted by atomic mass is 10.1. The van der Waals surface area contributed by atoms with Crippen LogP contribution in [0.4, 0.5) is 0 Å². The highest BCUT2D eigenvalue weighted by atomic mass is 32.1. The van der Waals surface area contributed by atoms with Crippen molar-refractivity contribution in [2.45, 2.75) is 6.42 Å². The second-order valence-electron chi connectivity index (χ2n) is 4.42.